The lowest BCUT2D eigenvalue weighted by atomic mass is 9.99. The molecule has 4 unspecified atom stereocenters. The first kappa shape index (κ1) is 9.93. The van der Waals surface area contributed by atoms with Crippen LogP contribution in [-0.4, -0.2) is 37.2 Å². The normalized spacial score (nSPS) is 42.9. The minimum absolute atomic E-state index is 0.00338. The standard InChI is InChI=1S/C10H18N2O2/c1-6-7(2)14-5-9(6)12-8-3-4-11-10(8)13/h6-9,12H,3-5H2,1-2H3,(H,11,13). The molecule has 0 saturated carbocycles. The Kier molecular flexibility index (Phi) is 2.74. The molecule has 0 aromatic heterocycles. The first-order valence-corrected chi connectivity index (χ1v) is 5.34. The molecule has 0 radical (unpaired) electrons. The maximum absolute atomic E-state index is 11.3. The van der Waals surface area contributed by atoms with Gasteiger partial charge < -0.3 is 15.4 Å². The van der Waals surface area contributed by atoms with Gasteiger partial charge in [0.15, 0.2) is 0 Å². The van der Waals surface area contributed by atoms with Gasteiger partial charge in [0.1, 0.15) is 0 Å². The summed E-state index contributed by atoms with van der Waals surface area (Å²) in [5, 5.41) is 6.20. The van der Waals surface area contributed by atoms with E-state index in [4.69, 9.17) is 4.74 Å². The predicted octanol–water partition coefficient (Wildman–Crippen LogP) is -0.112. The molecule has 0 spiro atoms. The van der Waals surface area contributed by atoms with Gasteiger partial charge in [-0.25, -0.2) is 0 Å². The molecule has 2 N–H and O–H groups in total. The molecule has 80 valence electrons. The number of carbonyl (C=O) groups excluding carboxylic acids is 1. The molecule has 2 aliphatic heterocycles. The molecule has 0 bridgehead atoms. The number of rotatable bonds is 2. The highest BCUT2D eigenvalue weighted by Gasteiger charge is 2.34. The van der Waals surface area contributed by atoms with Crippen LogP contribution in [0.1, 0.15) is 20.3 Å². The van der Waals surface area contributed by atoms with Crippen molar-refractivity contribution in [2.45, 2.75) is 38.5 Å². The number of ether oxygens (including phenoxy) is 1. The molecule has 0 aromatic carbocycles. The van der Waals surface area contributed by atoms with E-state index in [1.165, 1.54) is 0 Å². The molecule has 2 rings (SSSR count). The molecule has 14 heavy (non-hydrogen) atoms. The maximum atomic E-state index is 11.3. The van der Waals surface area contributed by atoms with Gasteiger partial charge in [-0.1, -0.05) is 6.92 Å². The van der Waals surface area contributed by atoms with Crippen LogP contribution < -0.4 is 10.6 Å². The van der Waals surface area contributed by atoms with Crippen molar-refractivity contribution in [3.63, 3.8) is 0 Å². The predicted molar refractivity (Wildman–Crippen MR) is 52.9 cm³/mol. The van der Waals surface area contributed by atoms with Gasteiger partial charge in [-0.15, -0.1) is 0 Å². The Bertz CT molecular complexity index is 232. The minimum atomic E-state index is -0.00338. The van der Waals surface area contributed by atoms with E-state index in [1.807, 2.05) is 0 Å². The smallest absolute Gasteiger partial charge is 0.237 e. The molecule has 2 fully saturated rings. The highest BCUT2D eigenvalue weighted by molar-refractivity contribution is 5.83. The molecule has 0 aromatic rings. The van der Waals surface area contributed by atoms with Crippen molar-refractivity contribution in [3.8, 4) is 0 Å². The van der Waals surface area contributed by atoms with Crippen LogP contribution in [-0.2, 0) is 9.53 Å². The van der Waals surface area contributed by atoms with E-state index in [0.29, 0.717) is 18.1 Å². The van der Waals surface area contributed by atoms with Crippen LogP contribution in [0.2, 0.25) is 0 Å². The molecule has 4 atom stereocenters. The van der Waals surface area contributed by atoms with Crippen LogP contribution in [0.3, 0.4) is 0 Å². The van der Waals surface area contributed by atoms with Crippen molar-refractivity contribution in [1.29, 1.82) is 0 Å². The third-order valence-corrected chi connectivity index (χ3v) is 3.38. The van der Waals surface area contributed by atoms with Gasteiger partial charge in [0.25, 0.3) is 0 Å². The zero-order valence-corrected chi connectivity index (χ0v) is 8.75. The molecule has 2 saturated heterocycles. The monoisotopic (exact) mass is 198 g/mol. The second-order valence-electron chi connectivity index (χ2n) is 4.30. The van der Waals surface area contributed by atoms with E-state index < -0.39 is 0 Å². The van der Waals surface area contributed by atoms with Gasteiger partial charge in [0, 0.05) is 12.6 Å². The second-order valence-corrected chi connectivity index (χ2v) is 4.30. The number of nitrogens with one attached hydrogen (secondary N) is 2. The maximum Gasteiger partial charge on any atom is 0.237 e. The Morgan fingerprint density at radius 1 is 1.50 bits per heavy atom. The van der Waals surface area contributed by atoms with Crippen molar-refractivity contribution in [3.05, 3.63) is 0 Å². The van der Waals surface area contributed by atoms with Crippen molar-refractivity contribution in [2.24, 2.45) is 5.92 Å². The van der Waals surface area contributed by atoms with Gasteiger partial charge in [0.2, 0.25) is 5.91 Å². The molecule has 0 aliphatic carbocycles. The van der Waals surface area contributed by atoms with Gasteiger partial charge in [-0.05, 0) is 19.3 Å². The summed E-state index contributed by atoms with van der Waals surface area (Å²) >= 11 is 0. The van der Waals surface area contributed by atoms with E-state index in [2.05, 4.69) is 24.5 Å². The highest BCUT2D eigenvalue weighted by Crippen LogP contribution is 2.21. The number of hydrogen-bond donors (Lipinski definition) is 2. The second kappa shape index (κ2) is 3.87. The van der Waals surface area contributed by atoms with E-state index in [9.17, 15) is 4.79 Å². The summed E-state index contributed by atoms with van der Waals surface area (Å²) in [5.41, 5.74) is 0. The first-order valence-electron chi connectivity index (χ1n) is 5.34. The molecule has 4 heteroatoms. The van der Waals surface area contributed by atoms with Crippen LogP contribution in [0, 0.1) is 5.92 Å². The summed E-state index contributed by atoms with van der Waals surface area (Å²) < 4.78 is 5.53. The van der Waals surface area contributed by atoms with Gasteiger partial charge in [-0.2, -0.15) is 0 Å². The number of amides is 1. The first-order chi connectivity index (χ1) is 6.68. The van der Waals surface area contributed by atoms with Crippen LogP contribution in [0.5, 0.6) is 0 Å². The van der Waals surface area contributed by atoms with Crippen LogP contribution in [0.25, 0.3) is 0 Å². The van der Waals surface area contributed by atoms with Crippen molar-refractivity contribution in [1.82, 2.24) is 10.6 Å². The SMILES string of the molecule is CC1OCC(NC2CCNC2=O)C1C. The third kappa shape index (κ3) is 1.77. The molecular formula is C10H18N2O2. The summed E-state index contributed by atoms with van der Waals surface area (Å²) in [6.45, 7) is 5.78. The fourth-order valence-electron chi connectivity index (χ4n) is 2.10. The number of hydrogen-bond acceptors (Lipinski definition) is 3. The zero-order chi connectivity index (χ0) is 10.1. The lowest BCUT2D eigenvalue weighted by Gasteiger charge is -2.20. The van der Waals surface area contributed by atoms with Gasteiger partial charge in [0.05, 0.1) is 18.8 Å². The number of carbonyl (C=O) groups is 1. The van der Waals surface area contributed by atoms with E-state index in [-0.39, 0.29) is 11.9 Å². The largest absolute Gasteiger partial charge is 0.377 e. The lowest BCUT2D eigenvalue weighted by Crippen LogP contribution is -2.45. The Morgan fingerprint density at radius 3 is 2.79 bits per heavy atom. The fraction of sp³-hybridized carbons (Fsp3) is 0.900. The van der Waals surface area contributed by atoms with Gasteiger partial charge in [-0.3, -0.25) is 4.79 Å². The van der Waals surface area contributed by atoms with Crippen molar-refractivity contribution < 1.29 is 9.53 Å². The molecule has 2 aliphatic rings. The summed E-state index contributed by atoms with van der Waals surface area (Å²) in [7, 11) is 0. The average molecular weight is 198 g/mol. The van der Waals surface area contributed by atoms with Crippen LogP contribution in [0.4, 0.5) is 0 Å². The summed E-state index contributed by atoms with van der Waals surface area (Å²) in [6.07, 6.45) is 1.20. The summed E-state index contributed by atoms with van der Waals surface area (Å²) in [6, 6.07) is 0.329. The quantitative estimate of drug-likeness (QED) is 0.651. The lowest BCUT2D eigenvalue weighted by molar-refractivity contribution is -0.121. The Balaban J connectivity index is 1.88. The molecule has 1 amide bonds. The van der Waals surface area contributed by atoms with Crippen LogP contribution in [0.15, 0.2) is 0 Å². The Hall–Kier alpha value is -0.610. The summed E-state index contributed by atoms with van der Waals surface area (Å²) in [5.74, 6) is 0.625. The van der Waals surface area contributed by atoms with E-state index >= 15 is 0 Å². The van der Waals surface area contributed by atoms with Crippen molar-refractivity contribution in [2.75, 3.05) is 13.2 Å². The topological polar surface area (TPSA) is 50.4 Å². The van der Waals surface area contributed by atoms with E-state index in [0.717, 1.165) is 19.6 Å². The highest BCUT2D eigenvalue weighted by atomic mass is 16.5. The van der Waals surface area contributed by atoms with Gasteiger partial charge >= 0.3 is 0 Å². The van der Waals surface area contributed by atoms with E-state index in [1.54, 1.807) is 0 Å². The molecule has 2 heterocycles. The third-order valence-electron chi connectivity index (χ3n) is 3.38. The molecule has 4 nitrogen and oxygen atoms in total. The average Bonchev–Trinajstić information content (AvgIpc) is 2.68. The Labute approximate surface area is 84.4 Å². The molecular weight excluding hydrogens is 180 g/mol. The Morgan fingerprint density at radius 2 is 2.29 bits per heavy atom. The fourth-order valence-corrected chi connectivity index (χ4v) is 2.10. The van der Waals surface area contributed by atoms with Crippen molar-refractivity contribution >= 4 is 5.91 Å². The minimum Gasteiger partial charge on any atom is -0.377 e. The summed E-state index contributed by atoms with van der Waals surface area (Å²) in [4.78, 5) is 11.3. The van der Waals surface area contributed by atoms with Crippen LogP contribution >= 0.6 is 0 Å². The zero-order valence-electron chi connectivity index (χ0n) is 8.75.